The maximum Gasteiger partial charge on any atom is 0.246 e. The van der Waals surface area contributed by atoms with Crippen LogP contribution < -0.4 is 4.90 Å². The molecule has 2 aromatic carbocycles. The number of benzene rings is 2. The fourth-order valence-corrected chi connectivity index (χ4v) is 3.59. The van der Waals surface area contributed by atoms with Crippen LogP contribution in [0.5, 0.6) is 0 Å². The van der Waals surface area contributed by atoms with Gasteiger partial charge in [0.2, 0.25) is 5.91 Å². The molecule has 3 aromatic rings. The molecule has 4 rings (SSSR count). The summed E-state index contributed by atoms with van der Waals surface area (Å²) in [6, 6.07) is 15.4. The van der Waals surface area contributed by atoms with Crippen molar-refractivity contribution in [1.29, 1.82) is 0 Å². The number of nitrogens with zero attached hydrogens (tertiary/aromatic N) is 4. The number of para-hydroxylation sites is 2. The summed E-state index contributed by atoms with van der Waals surface area (Å²) in [5, 5.41) is 0.640. The van der Waals surface area contributed by atoms with Gasteiger partial charge in [0.05, 0.1) is 16.7 Å². The van der Waals surface area contributed by atoms with Crippen LogP contribution in [-0.4, -0.2) is 47.0 Å². The van der Waals surface area contributed by atoms with Crippen molar-refractivity contribution in [3.63, 3.8) is 0 Å². The maximum atomic E-state index is 12.5. The normalized spacial score (nSPS) is 14.8. The van der Waals surface area contributed by atoms with E-state index >= 15 is 0 Å². The first-order valence-corrected chi connectivity index (χ1v) is 9.69. The van der Waals surface area contributed by atoms with Crippen LogP contribution in [0, 0.1) is 6.92 Å². The Balaban J connectivity index is 1.43. The predicted octanol–water partition coefficient (Wildman–Crippen LogP) is 3.95. The van der Waals surface area contributed by atoms with Crippen molar-refractivity contribution in [3.8, 4) is 0 Å². The SMILES string of the molecule is Cc1nc2ccccc2nc1N1CCN(C(=O)/C=C/c2ccccc2Cl)CC1. The van der Waals surface area contributed by atoms with Crippen molar-refractivity contribution >= 4 is 40.4 Å². The van der Waals surface area contributed by atoms with Crippen LogP contribution in [0.15, 0.2) is 54.6 Å². The zero-order chi connectivity index (χ0) is 19.5. The first kappa shape index (κ1) is 18.4. The van der Waals surface area contributed by atoms with E-state index in [1.54, 1.807) is 12.2 Å². The van der Waals surface area contributed by atoms with Gasteiger partial charge in [-0.05, 0) is 36.8 Å². The van der Waals surface area contributed by atoms with Gasteiger partial charge in [0, 0.05) is 37.3 Å². The Morgan fingerprint density at radius 1 is 0.964 bits per heavy atom. The Hall–Kier alpha value is -2.92. The van der Waals surface area contributed by atoms with E-state index in [4.69, 9.17) is 16.6 Å². The number of fused-ring (bicyclic) bond motifs is 1. The van der Waals surface area contributed by atoms with Gasteiger partial charge >= 0.3 is 0 Å². The zero-order valence-corrected chi connectivity index (χ0v) is 16.4. The number of hydrogen-bond acceptors (Lipinski definition) is 4. The Labute approximate surface area is 169 Å². The van der Waals surface area contributed by atoms with Crippen molar-refractivity contribution in [2.24, 2.45) is 0 Å². The van der Waals surface area contributed by atoms with E-state index in [1.807, 2.05) is 60.4 Å². The first-order chi connectivity index (χ1) is 13.6. The molecule has 0 saturated carbocycles. The minimum absolute atomic E-state index is 0.000822. The highest BCUT2D eigenvalue weighted by Crippen LogP contribution is 2.21. The molecule has 5 nitrogen and oxygen atoms in total. The third-order valence-corrected chi connectivity index (χ3v) is 5.27. The molecule has 1 aromatic heterocycles. The molecule has 142 valence electrons. The average Bonchev–Trinajstić information content (AvgIpc) is 2.72. The Bertz CT molecular complexity index is 1040. The molecule has 0 N–H and O–H groups in total. The number of halogens is 1. The lowest BCUT2D eigenvalue weighted by Crippen LogP contribution is -2.48. The van der Waals surface area contributed by atoms with Crippen LogP contribution >= 0.6 is 11.6 Å². The van der Waals surface area contributed by atoms with Gasteiger partial charge in [-0.15, -0.1) is 0 Å². The number of aryl methyl sites for hydroxylation is 1. The summed E-state index contributed by atoms with van der Waals surface area (Å²) in [6.07, 6.45) is 3.37. The highest BCUT2D eigenvalue weighted by atomic mass is 35.5. The van der Waals surface area contributed by atoms with E-state index in [0.29, 0.717) is 18.1 Å². The van der Waals surface area contributed by atoms with E-state index in [9.17, 15) is 4.79 Å². The molecule has 0 atom stereocenters. The molecule has 1 fully saturated rings. The summed E-state index contributed by atoms with van der Waals surface area (Å²) in [7, 11) is 0. The predicted molar refractivity (Wildman–Crippen MR) is 114 cm³/mol. The minimum Gasteiger partial charge on any atom is -0.352 e. The molecule has 0 spiro atoms. The number of hydrogen-bond donors (Lipinski definition) is 0. The Kier molecular flexibility index (Phi) is 5.26. The summed E-state index contributed by atoms with van der Waals surface area (Å²) < 4.78 is 0. The second-order valence-electron chi connectivity index (χ2n) is 6.79. The summed E-state index contributed by atoms with van der Waals surface area (Å²) in [4.78, 5) is 26.0. The van der Waals surface area contributed by atoms with Crippen molar-refractivity contribution in [2.75, 3.05) is 31.1 Å². The largest absolute Gasteiger partial charge is 0.352 e. The van der Waals surface area contributed by atoms with Gasteiger partial charge in [-0.2, -0.15) is 0 Å². The van der Waals surface area contributed by atoms with Crippen LogP contribution in [0.1, 0.15) is 11.3 Å². The van der Waals surface area contributed by atoms with Crippen molar-refractivity contribution in [2.45, 2.75) is 6.92 Å². The summed E-state index contributed by atoms with van der Waals surface area (Å²) in [5.74, 6) is 0.901. The first-order valence-electron chi connectivity index (χ1n) is 9.32. The third kappa shape index (κ3) is 3.85. The van der Waals surface area contributed by atoms with E-state index in [0.717, 1.165) is 41.2 Å². The molecule has 1 saturated heterocycles. The number of anilines is 1. The van der Waals surface area contributed by atoms with Gasteiger partial charge in [0.15, 0.2) is 5.82 Å². The number of carbonyl (C=O) groups excluding carboxylic acids is 1. The van der Waals surface area contributed by atoms with E-state index in [1.165, 1.54) is 0 Å². The molecule has 0 radical (unpaired) electrons. The topological polar surface area (TPSA) is 49.3 Å². The molecule has 6 heteroatoms. The number of rotatable bonds is 3. The van der Waals surface area contributed by atoms with Crippen molar-refractivity contribution in [1.82, 2.24) is 14.9 Å². The number of amides is 1. The maximum absolute atomic E-state index is 12.5. The van der Waals surface area contributed by atoms with Gasteiger partial charge in [-0.25, -0.2) is 9.97 Å². The molecule has 1 amide bonds. The molecule has 2 heterocycles. The highest BCUT2D eigenvalue weighted by molar-refractivity contribution is 6.32. The monoisotopic (exact) mass is 392 g/mol. The van der Waals surface area contributed by atoms with Gasteiger partial charge < -0.3 is 9.80 Å². The standard InChI is InChI=1S/C22H21ClN4O/c1-16-22(25-20-9-5-4-8-19(20)24-16)27-14-12-26(13-15-27)21(28)11-10-17-6-2-3-7-18(17)23/h2-11H,12-15H2,1H3/b11-10+. The quantitative estimate of drug-likeness (QED) is 0.633. The van der Waals surface area contributed by atoms with Gasteiger partial charge in [-0.1, -0.05) is 41.9 Å². The average molecular weight is 393 g/mol. The minimum atomic E-state index is 0.000822. The molecule has 28 heavy (non-hydrogen) atoms. The van der Waals surface area contributed by atoms with Gasteiger partial charge in [0.25, 0.3) is 0 Å². The van der Waals surface area contributed by atoms with Crippen molar-refractivity contribution in [3.05, 3.63) is 70.9 Å². The van der Waals surface area contributed by atoms with Crippen LogP contribution in [0.3, 0.4) is 0 Å². The molecule has 0 aliphatic carbocycles. The number of aromatic nitrogens is 2. The number of piperazine rings is 1. The Morgan fingerprint density at radius 2 is 1.61 bits per heavy atom. The summed E-state index contributed by atoms with van der Waals surface area (Å²) in [6.45, 7) is 4.76. The molecule has 1 aliphatic heterocycles. The smallest absolute Gasteiger partial charge is 0.246 e. The van der Waals surface area contributed by atoms with E-state index in [-0.39, 0.29) is 5.91 Å². The van der Waals surface area contributed by atoms with Crippen LogP contribution in [-0.2, 0) is 4.79 Å². The van der Waals surface area contributed by atoms with Crippen molar-refractivity contribution < 1.29 is 4.79 Å². The lowest BCUT2D eigenvalue weighted by atomic mass is 10.2. The van der Waals surface area contributed by atoms with E-state index in [2.05, 4.69) is 9.88 Å². The fraction of sp³-hybridized carbons (Fsp3) is 0.227. The molecular formula is C22H21ClN4O. The highest BCUT2D eigenvalue weighted by Gasteiger charge is 2.22. The lowest BCUT2D eigenvalue weighted by Gasteiger charge is -2.35. The van der Waals surface area contributed by atoms with Crippen LogP contribution in [0.2, 0.25) is 5.02 Å². The Morgan fingerprint density at radius 3 is 2.32 bits per heavy atom. The fourth-order valence-electron chi connectivity index (χ4n) is 3.39. The third-order valence-electron chi connectivity index (χ3n) is 4.92. The number of carbonyl (C=O) groups is 1. The molecular weight excluding hydrogens is 372 g/mol. The van der Waals surface area contributed by atoms with Gasteiger partial charge in [-0.3, -0.25) is 4.79 Å². The summed E-state index contributed by atoms with van der Waals surface area (Å²) in [5.41, 5.74) is 3.56. The second kappa shape index (κ2) is 7.98. The lowest BCUT2D eigenvalue weighted by molar-refractivity contribution is -0.126. The van der Waals surface area contributed by atoms with Crippen LogP contribution in [0.25, 0.3) is 17.1 Å². The molecule has 0 bridgehead atoms. The van der Waals surface area contributed by atoms with E-state index < -0.39 is 0 Å². The molecule has 0 unspecified atom stereocenters. The van der Waals surface area contributed by atoms with Crippen LogP contribution in [0.4, 0.5) is 5.82 Å². The second-order valence-corrected chi connectivity index (χ2v) is 7.20. The van der Waals surface area contributed by atoms with Gasteiger partial charge in [0.1, 0.15) is 0 Å². The zero-order valence-electron chi connectivity index (χ0n) is 15.7. The molecule has 1 aliphatic rings. The summed E-state index contributed by atoms with van der Waals surface area (Å²) >= 11 is 6.14.